The largest absolute Gasteiger partial charge is 0.352 e. The van der Waals surface area contributed by atoms with Crippen LogP contribution >= 0.6 is 0 Å². The van der Waals surface area contributed by atoms with Crippen LogP contribution in [0.3, 0.4) is 0 Å². The highest BCUT2D eigenvalue weighted by Gasteiger charge is 2.36. The molecule has 108 valence electrons. The molecule has 4 nitrogen and oxygen atoms in total. The number of aryl methyl sites for hydroxylation is 1. The fraction of sp³-hybridized carbons (Fsp3) is 0.750. The minimum atomic E-state index is 0.658. The average Bonchev–Trinajstić information content (AvgIpc) is 2.83. The standard InChI is InChI=1S/C16H24N4/c1-2-6-13-14(7-3-1)18-11-19-16(13)20-8-4-5-12-9-17-10-15(12)20/h11-12,15,17H,1-10H2. The van der Waals surface area contributed by atoms with Crippen LogP contribution in [0.5, 0.6) is 0 Å². The van der Waals surface area contributed by atoms with Crippen LogP contribution < -0.4 is 10.2 Å². The Hall–Kier alpha value is -1.16. The summed E-state index contributed by atoms with van der Waals surface area (Å²) in [5, 5.41) is 3.57. The van der Waals surface area contributed by atoms with E-state index < -0.39 is 0 Å². The minimum Gasteiger partial charge on any atom is -0.352 e. The van der Waals surface area contributed by atoms with Crippen molar-refractivity contribution >= 4 is 5.82 Å². The molecule has 2 atom stereocenters. The Morgan fingerprint density at radius 1 is 1.05 bits per heavy atom. The number of hydrogen-bond donors (Lipinski definition) is 1. The van der Waals surface area contributed by atoms with Gasteiger partial charge < -0.3 is 10.2 Å². The minimum absolute atomic E-state index is 0.658. The molecule has 2 aliphatic heterocycles. The normalized spacial score (nSPS) is 29.7. The molecule has 3 aliphatic rings. The molecule has 0 radical (unpaired) electrons. The van der Waals surface area contributed by atoms with E-state index in [0.717, 1.165) is 18.9 Å². The number of aromatic nitrogens is 2. The van der Waals surface area contributed by atoms with Gasteiger partial charge in [0, 0.05) is 36.9 Å². The van der Waals surface area contributed by atoms with Crippen molar-refractivity contribution in [2.24, 2.45) is 5.92 Å². The molecule has 1 aromatic heterocycles. The highest BCUT2D eigenvalue weighted by Crippen LogP contribution is 2.34. The van der Waals surface area contributed by atoms with Gasteiger partial charge in [0.2, 0.25) is 0 Å². The maximum Gasteiger partial charge on any atom is 0.135 e. The lowest BCUT2D eigenvalue weighted by Crippen LogP contribution is -2.46. The smallest absolute Gasteiger partial charge is 0.135 e. The highest BCUT2D eigenvalue weighted by atomic mass is 15.3. The van der Waals surface area contributed by atoms with E-state index >= 15 is 0 Å². The maximum atomic E-state index is 4.70. The molecule has 1 N–H and O–H groups in total. The summed E-state index contributed by atoms with van der Waals surface area (Å²) in [5.74, 6) is 2.08. The molecule has 4 rings (SSSR count). The molecule has 0 amide bonds. The Bertz CT molecular complexity index is 487. The number of fused-ring (bicyclic) bond motifs is 2. The lowest BCUT2D eigenvalue weighted by Gasteiger charge is -2.39. The summed E-state index contributed by atoms with van der Waals surface area (Å²) < 4.78 is 0. The van der Waals surface area contributed by atoms with Crippen molar-refractivity contribution in [2.75, 3.05) is 24.5 Å². The van der Waals surface area contributed by atoms with E-state index in [-0.39, 0.29) is 0 Å². The molecule has 3 heterocycles. The quantitative estimate of drug-likeness (QED) is 0.793. The van der Waals surface area contributed by atoms with Crippen molar-refractivity contribution in [3.63, 3.8) is 0 Å². The molecule has 0 saturated carbocycles. The van der Waals surface area contributed by atoms with Crippen LogP contribution in [0.1, 0.15) is 43.4 Å². The Kier molecular flexibility index (Phi) is 3.34. The van der Waals surface area contributed by atoms with Gasteiger partial charge in [-0.05, 0) is 44.4 Å². The Morgan fingerprint density at radius 3 is 3.00 bits per heavy atom. The van der Waals surface area contributed by atoms with Crippen LogP contribution in [-0.2, 0) is 12.8 Å². The Balaban J connectivity index is 1.70. The van der Waals surface area contributed by atoms with Gasteiger partial charge in [0.1, 0.15) is 12.1 Å². The van der Waals surface area contributed by atoms with Gasteiger partial charge in [-0.1, -0.05) is 6.42 Å². The topological polar surface area (TPSA) is 41.1 Å². The van der Waals surface area contributed by atoms with Gasteiger partial charge in [0.25, 0.3) is 0 Å². The summed E-state index contributed by atoms with van der Waals surface area (Å²) in [6, 6.07) is 0.658. The SMILES string of the molecule is c1nc2c(c(N3CCCC4CNCC43)n1)CCCCC2. The molecule has 0 bridgehead atoms. The third kappa shape index (κ3) is 2.10. The van der Waals surface area contributed by atoms with Crippen molar-refractivity contribution in [2.45, 2.75) is 51.0 Å². The predicted octanol–water partition coefficient (Wildman–Crippen LogP) is 1.93. The van der Waals surface area contributed by atoms with E-state index in [1.165, 1.54) is 68.7 Å². The lowest BCUT2D eigenvalue weighted by atomic mass is 9.91. The number of hydrogen-bond acceptors (Lipinski definition) is 4. The molecule has 0 spiro atoms. The molecular weight excluding hydrogens is 248 g/mol. The summed E-state index contributed by atoms with van der Waals surface area (Å²) in [6.45, 7) is 3.49. The van der Waals surface area contributed by atoms with Gasteiger partial charge in [-0.2, -0.15) is 0 Å². The van der Waals surface area contributed by atoms with Gasteiger partial charge >= 0.3 is 0 Å². The van der Waals surface area contributed by atoms with Crippen molar-refractivity contribution in [1.29, 1.82) is 0 Å². The summed E-state index contributed by atoms with van der Waals surface area (Å²) in [6.07, 6.45) is 10.7. The first-order valence-electron chi connectivity index (χ1n) is 8.23. The van der Waals surface area contributed by atoms with Crippen LogP contribution in [0, 0.1) is 5.92 Å². The van der Waals surface area contributed by atoms with Crippen LogP contribution in [-0.4, -0.2) is 35.6 Å². The second-order valence-corrected chi connectivity index (χ2v) is 6.50. The molecule has 1 aromatic rings. The molecule has 2 saturated heterocycles. The molecular formula is C16H24N4. The van der Waals surface area contributed by atoms with E-state index in [9.17, 15) is 0 Å². The van der Waals surface area contributed by atoms with Crippen molar-refractivity contribution < 1.29 is 0 Å². The van der Waals surface area contributed by atoms with Crippen LogP contribution in [0.15, 0.2) is 6.33 Å². The first-order chi connectivity index (χ1) is 9.93. The van der Waals surface area contributed by atoms with Gasteiger partial charge in [-0.3, -0.25) is 0 Å². The first-order valence-corrected chi connectivity index (χ1v) is 8.23. The summed E-state index contributed by atoms with van der Waals surface area (Å²) in [4.78, 5) is 11.9. The number of piperidine rings is 1. The van der Waals surface area contributed by atoms with Gasteiger partial charge in [-0.25, -0.2) is 9.97 Å². The summed E-state index contributed by atoms with van der Waals surface area (Å²) >= 11 is 0. The maximum absolute atomic E-state index is 4.70. The summed E-state index contributed by atoms with van der Waals surface area (Å²) in [5.41, 5.74) is 2.78. The first kappa shape index (κ1) is 12.6. The van der Waals surface area contributed by atoms with E-state index in [1.807, 2.05) is 0 Å². The third-order valence-corrected chi connectivity index (χ3v) is 5.30. The van der Waals surface area contributed by atoms with E-state index in [0.29, 0.717) is 6.04 Å². The lowest BCUT2D eigenvalue weighted by molar-refractivity contribution is 0.382. The highest BCUT2D eigenvalue weighted by molar-refractivity contribution is 5.51. The number of anilines is 1. The Morgan fingerprint density at radius 2 is 2.00 bits per heavy atom. The van der Waals surface area contributed by atoms with Crippen molar-refractivity contribution in [1.82, 2.24) is 15.3 Å². The molecule has 4 heteroatoms. The summed E-state index contributed by atoms with van der Waals surface area (Å²) in [7, 11) is 0. The number of nitrogens with zero attached hydrogens (tertiary/aromatic N) is 3. The molecule has 20 heavy (non-hydrogen) atoms. The third-order valence-electron chi connectivity index (χ3n) is 5.30. The fourth-order valence-electron chi connectivity index (χ4n) is 4.26. The van der Waals surface area contributed by atoms with Crippen molar-refractivity contribution in [3.8, 4) is 0 Å². The second kappa shape index (κ2) is 5.32. The second-order valence-electron chi connectivity index (χ2n) is 6.50. The van der Waals surface area contributed by atoms with Crippen LogP contribution in [0.4, 0.5) is 5.82 Å². The van der Waals surface area contributed by atoms with Crippen LogP contribution in [0.25, 0.3) is 0 Å². The predicted molar refractivity (Wildman–Crippen MR) is 80.0 cm³/mol. The van der Waals surface area contributed by atoms with Gasteiger partial charge in [0.05, 0.1) is 0 Å². The van der Waals surface area contributed by atoms with Gasteiger partial charge in [0.15, 0.2) is 0 Å². The molecule has 0 aromatic carbocycles. The average molecular weight is 272 g/mol. The van der Waals surface area contributed by atoms with E-state index in [2.05, 4.69) is 15.2 Å². The Labute approximate surface area is 121 Å². The fourth-order valence-corrected chi connectivity index (χ4v) is 4.26. The van der Waals surface area contributed by atoms with Gasteiger partial charge in [-0.15, -0.1) is 0 Å². The van der Waals surface area contributed by atoms with E-state index in [1.54, 1.807) is 6.33 Å². The van der Waals surface area contributed by atoms with E-state index in [4.69, 9.17) is 4.98 Å². The monoisotopic (exact) mass is 272 g/mol. The zero-order valence-corrected chi connectivity index (χ0v) is 12.1. The van der Waals surface area contributed by atoms with Crippen molar-refractivity contribution in [3.05, 3.63) is 17.6 Å². The number of rotatable bonds is 1. The zero-order valence-electron chi connectivity index (χ0n) is 12.1. The number of nitrogens with one attached hydrogen (secondary N) is 1. The van der Waals surface area contributed by atoms with Crippen LogP contribution in [0.2, 0.25) is 0 Å². The molecule has 2 fully saturated rings. The zero-order chi connectivity index (χ0) is 13.4. The molecule has 2 unspecified atom stereocenters. The molecule has 1 aliphatic carbocycles.